The summed E-state index contributed by atoms with van der Waals surface area (Å²) in [5.74, 6) is -0.273. The van der Waals surface area contributed by atoms with Gasteiger partial charge in [0, 0.05) is 0 Å². The number of hydrogen-bond acceptors (Lipinski definition) is 4. The molecule has 0 radical (unpaired) electrons. The monoisotopic (exact) mass is 284 g/mol. The third-order valence-electron chi connectivity index (χ3n) is 2.35. The first kappa shape index (κ1) is 11.3. The fourth-order valence-corrected chi connectivity index (χ4v) is 2.42. The van der Waals surface area contributed by atoms with Crippen molar-refractivity contribution in [3.8, 4) is 0 Å². The van der Waals surface area contributed by atoms with E-state index in [-0.39, 0.29) is 26.8 Å². The normalized spacial score (nSPS) is 12.6. The molecule has 2 aromatic rings. The van der Waals surface area contributed by atoms with Gasteiger partial charge in [0.15, 0.2) is 0 Å². The maximum atomic E-state index is 11.7. The quantitative estimate of drug-likeness (QED) is 0.790. The van der Waals surface area contributed by atoms with Gasteiger partial charge < -0.3 is 0 Å². The summed E-state index contributed by atoms with van der Waals surface area (Å²) >= 11 is -0.0807. The minimum atomic E-state index is -0.195. The molecule has 0 saturated heterocycles. The second kappa shape index (κ2) is 4.74. The standard InChI is InChI=1S/C10H12N4OSe/c1-6(5-11)10(15)12-7-3-2-4-8-9(7)14-16-13-8/h2-4,6H,5,11H2,1H3,(H,12,15). The Morgan fingerprint density at radius 2 is 2.38 bits per heavy atom. The molecule has 1 atom stereocenters. The van der Waals surface area contributed by atoms with E-state index in [0.29, 0.717) is 6.54 Å². The zero-order valence-corrected chi connectivity index (χ0v) is 10.5. The molecule has 3 N–H and O–H groups in total. The van der Waals surface area contributed by atoms with E-state index in [1.165, 1.54) is 0 Å². The molecule has 1 aromatic heterocycles. The first-order valence-corrected chi connectivity index (χ1v) is 6.48. The van der Waals surface area contributed by atoms with Crippen molar-refractivity contribution in [1.29, 1.82) is 0 Å². The van der Waals surface area contributed by atoms with Crippen LogP contribution in [0.1, 0.15) is 6.92 Å². The molecule has 1 heterocycles. The fourth-order valence-electron chi connectivity index (χ4n) is 1.27. The zero-order valence-electron chi connectivity index (χ0n) is 8.80. The number of rotatable bonds is 3. The third-order valence-corrected chi connectivity index (χ3v) is 3.48. The summed E-state index contributed by atoms with van der Waals surface area (Å²) < 4.78 is 8.54. The van der Waals surface area contributed by atoms with Crippen LogP contribution in [0, 0.1) is 5.92 Å². The first-order chi connectivity index (χ1) is 7.72. The maximum absolute atomic E-state index is 11.7. The number of nitrogens with one attached hydrogen (secondary N) is 1. The van der Waals surface area contributed by atoms with E-state index >= 15 is 0 Å². The molecule has 5 nitrogen and oxygen atoms in total. The molecule has 2 rings (SSSR count). The number of aromatic nitrogens is 2. The summed E-state index contributed by atoms with van der Waals surface area (Å²) in [7, 11) is 0. The predicted molar refractivity (Wildman–Crippen MR) is 63.3 cm³/mol. The van der Waals surface area contributed by atoms with Crippen LogP contribution in [-0.2, 0) is 4.79 Å². The van der Waals surface area contributed by atoms with Crippen molar-refractivity contribution in [2.24, 2.45) is 11.7 Å². The van der Waals surface area contributed by atoms with Crippen molar-refractivity contribution in [3.05, 3.63) is 18.2 Å². The molecule has 1 aromatic carbocycles. The van der Waals surface area contributed by atoms with Gasteiger partial charge in [0.1, 0.15) is 0 Å². The van der Waals surface area contributed by atoms with E-state index in [0.717, 1.165) is 16.7 Å². The molecular weight excluding hydrogens is 271 g/mol. The van der Waals surface area contributed by atoms with Crippen LogP contribution in [-0.4, -0.2) is 35.4 Å². The van der Waals surface area contributed by atoms with E-state index in [2.05, 4.69) is 13.3 Å². The number of benzene rings is 1. The summed E-state index contributed by atoms with van der Waals surface area (Å²) in [6.45, 7) is 2.14. The molecular formula is C10H12N4OSe. The van der Waals surface area contributed by atoms with Crippen LogP contribution in [0.15, 0.2) is 18.2 Å². The number of nitrogens with two attached hydrogens (primary N) is 1. The Morgan fingerprint density at radius 1 is 1.56 bits per heavy atom. The molecule has 0 saturated carbocycles. The molecule has 6 heteroatoms. The molecule has 0 aliphatic carbocycles. The van der Waals surface area contributed by atoms with Gasteiger partial charge in [0.05, 0.1) is 0 Å². The van der Waals surface area contributed by atoms with E-state index in [1.807, 2.05) is 18.2 Å². The fraction of sp³-hybridized carbons (Fsp3) is 0.300. The van der Waals surface area contributed by atoms with Crippen LogP contribution >= 0.6 is 0 Å². The molecule has 1 amide bonds. The second-order valence-corrected chi connectivity index (χ2v) is 4.67. The van der Waals surface area contributed by atoms with E-state index in [1.54, 1.807) is 6.92 Å². The summed E-state index contributed by atoms with van der Waals surface area (Å²) in [6.07, 6.45) is 0. The summed E-state index contributed by atoms with van der Waals surface area (Å²) in [5.41, 5.74) is 7.82. The Balaban J connectivity index is 2.27. The molecule has 0 aliphatic rings. The van der Waals surface area contributed by atoms with E-state index in [4.69, 9.17) is 5.73 Å². The Morgan fingerprint density at radius 3 is 3.12 bits per heavy atom. The van der Waals surface area contributed by atoms with Gasteiger partial charge in [0.25, 0.3) is 0 Å². The molecule has 16 heavy (non-hydrogen) atoms. The average molecular weight is 283 g/mol. The van der Waals surface area contributed by atoms with Crippen molar-refractivity contribution in [2.75, 3.05) is 11.9 Å². The van der Waals surface area contributed by atoms with Gasteiger partial charge in [-0.25, -0.2) is 0 Å². The Kier molecular flexibility index (Phi) is 3.33. The van der Waals surface area contributed by atoms with Crippen LogP contribution in [0.3, 0.4) is 0 Å². The Bertz CT molecular complexity index is 510. The van der Waals surface area contributed by atoms with Crippen molar-refractivity contribution >= 4 is 37.6 Å². The predicted octanol–water partition coefficient (Wildman–Crippen LogP) is 0.220. The van der Waals surface area contributed by atoms with Crippen LogP contribution in [0.25, 0.3) is 11.0 Å². The summed E-state index contributed by atoms with van der Waals surface area (Å²) in [4.78, 5) is 11.7. The van der Waals surface area contributed by atoms with Crippen molar-refractivity contribution in [3.63, 3.8) is 0 Å². The van der Waals surface area contributed by atoms with Crippen molar-refractivity contribution in [1.82, 2.24) is 7.96 Å². The number of carbonyl (C=O) groups is 1. The topological polar surface area (TPSA) is 80.9 Å². The third kappa shape index (κ3) is 2.14. The van der Waals surface area contributed by atoms with Gasteiger partial charge in [-0.05, 0) is 0 Å². The molecule has 0 aliphatic heterocycles. The zero-order chi connectivity index (χ0) is 11.5. The van der Waals surface area contributed by atoms with E-state index in [9.17, 15) is 4.79 Å². The van der Waals surface area contributed by atoms with Crippen LogP contribution in [0.5, 0.6) is 0 Å². The number of carbonyl (C=O) groups excluding carboxylic acids is 1. The van der Waals surface area contributed by atoms with Crippen LogP contribution in [0.2, 0.25) is 0 Å². The number of fused-ring (bicyclic) bond motifs is 1. The van der Waals surface area contributed by atoms with Gasteiger partial charge in [-0.3, -0.25) is 0 Å². The van der Waals surface area contributed by atoms with Gasteiger partial charge in [-0.2, -0.15) is 0 Å². The van der Waals surface area contributed by atoms with Crippen molar-refractivity contribution < 1.29 is 4.79 Å². The molecule has 1 unspecified atom stereocenters. The van der Waals surface area contributed by atoms with Gasteiger partial charge in [0.2, 0.25) is 0 Å². The summed E-state index contributed by atoms with van der Waals surface area (Å²) in [6, 6.07) is 5.60. The molecule has 0 bridgehead atoms. The molecule has 84 valence electrons. The second-order valence-electron chi connectivity index (χ2n) is 3.56. The molecule has 0 spiro atoms. The minimum absolute atomic E-state index is 0.0782. The van der Waals surface area contributed by atoms with Crippen LogP contribution < -0.4 is 11.1 Å². The van der Waals surface area contributed by atoms with Gasteiger partial charge in [-0.15, -0.1) is 0 Å². The van der Waals surface area contributed by atoms with E-state index < -0.39 is 0 Å². The summed E-state index contributed by atoms with van der Waals surface area (Å²) in [5, 5.41) is 2.83. The Labute approximate surface area is 99.3 Å². The van der Waals surface area contributed by atoms with Crippen LogP contribution in [0.4, 0.5) is 5.69 Å². The van der Waals surface area contributed by atoms with Crippen molar-refractivity contribution in [2.45, 2.75) is 6.92 Å². The first-order valence-electron chi connectivity index (χ1n) is 4.94. The molecule has 0 fully saturated rings. The number of hydrogen-bond donors (Lipinski definition) is 2. The number of amides is 1. The SMILES string of the molecule is CC(CN)C(=O)Nc1cccc2n[se]nc12. The number of nitrogens with zero attached hydrogens (tertiary/aromatic N) is 2. The van der Waals surface area contributed by atoms with Gasteiger partial charge >= 0.3 is 99.0 Å². The average Bonchev–Trinajstić information content (AvgIpc) is 2.77. The van der Waals surface area contributed by atoms with Gasteiger partial charge in [-0.1, -0.05) is 0 Å². The number of anilines is 1. The Hall–Kier alpha value is -1.23.